The molecule has 4 heteroatoms. The third-order valence-electron chi connectivity index (χ3n) is 4.20. The molecule has 0 fully saturated rings. The van der Waals surface area contributed by atoms with Crippen molar-refractivity contribution in [3.05, 3.63) is 86.9 Å². The van der Waals surface area contributed by atoms with E-state index in [1.807, 2.05) is 18.5 Å². The third-order valence-corrected chi connectivity index (χ3v) is 4.79. The van der Waals surface area contributed by atoms with Crippen molar-refractivity contribution in [2.75, 3.05) is 0 Å². The molecule has 0 saturated heterocycles. The van der Waals surface area contributed by atoms with Gasteiger partial charge in [0.15, 0.2) is 0 Å². The summed E-state index contributed by atoms with van der Waals surface area (Å²) >= 11 is 12.2. The Labute approximate surface area is 153 Å². The fraction of sp³-hybridized carbons (Fsp3) is 0.250. The smallest absolute Gasteiger partial charge is 0.0952 e. The molecule has 124 valence electrons. The minimum atomic E-state index is 0.656. The van der Waals surface area contributed by atoms with Crippen molar-refractivity contribution in [2.24, 2.45) is 0 Å². The first-order chi connectivity index (χ1) is 11.5. The lowest BCUT2D eigenvalue weighted by molar-refractivity contribution is 0.795. The minimum Gasteiger partial charge on any atom is -0.333 e. The van der Waals surface area contributed by atoms with Crippen molar-refractivity contribution < 1.29 is 0 Å². The van der Waals surface area contributed by atoms with Crippen molar-refractivity contribution in [1.82, 2.24) is 9.55 Å². The highest BCUT2D eigenvalue weighted by Crippen LogP contribution is 2.22. The van der Waals surface area contributed by atoms with E-state index < -0.39 is 0 Å². The molecule has 0 aliphatic carbocycles. The van der Waals surface area contributed by atoms with Crippen LogP contribution in [-0.4, -0.2) is 9.55 Å². The molecule has 24 heavy (non-hydrogen) atoms. The van der Waals surface area contributed by atoms with Gasteiger partial charge < -0.3 is 4.57 Å². The zero-order chi connectivity index (χ0) is 17.1. The SMILES string of the molecule is Cc1ccc(CCc2cn(Cc3ccc(Cl)cc3Cl)cn2)c(C)c1. The second kappa shape index (κ2) is 7.42. The van der Waals surface area contributed by atoms with E-state index in [0.29, 0.717) is 16.6 Å². The van der Waals surface area contributed by atoms with Gasteiger partial charge in [0.25, 0.3) is 0 Å². The fourth-order valence-corrected chi connectivity index (χ4v) is 3.33. The summed E-state index contributed by atoms with van der Waals surface area (Å²) in [4.78, 5) is 4.52. The molecule has 2 aromatic carbocycles. The monoisotopic (exact) mass is 358 g/mol. The molecule has 1 aromatic heterocycles. The van der Waals surface area contributed by atoms with E-state index in [9.17, 15) is 0 Å². The summed E-state index contributed by atoms with van der Waals surface area (Å²) in [6.45, 7) is 5.00. The molecule has 0 aliphatic rings. The zero-order valence-electron chi connectivity index (χ0n) is 13.9. The number of hydrogen-bond acceptors (Lipinski definition) is 1. The Balaban J connectivity index is 1.65. The number of nitrogens with zero attached hydrogens (tertiary/aromatic N) is 2. The van der Waals surface area contributed by atoms with Gasteiger partial charge in [0, 0.05) is 22.8 Å². The lowest BCUT2D eigenvalue weighted by atomic mass is 10.0. The molecule has 3 aromatic rings. The molecule has 0 amide bonds. The van der Waals surface area contributed by atoms with Gasteiger partial charge in [0.2, 0.25) is 0 Å². The number of aryl methyl sites for hydroxylation is 4. The summed E-state index contributed by atoms with van der Waals surface area (Å²) in [5.74, 6) is 0. The molecule has 0 atom stereocenters. The maximum absolute atomic E-state index is 6.24. The number of hydrogen-bond donors (Lipinski definition) is 0. The first kappa shape index (κ1) is 17.1. The highest BCUT2D eigenvalue weighted by molar-refractivity contribution is 6.35. The molecular formula is C20H20Cl2N2. The van der Waals surface area contributed by atoms with Crippen LogP contribution in [0.5, 0.6) is 0 Å². The van der Waals surface area contributed by atoms with Crippen LogP contribution >= 0.6 is 23.2 Å². The van der Waals surface area contributed by atoms with Gasteiger partial charge in [-0.3, -0.25) is 0 Å². The second-order valence-electron chi connectivity index (χ2n) is 6.20. The summed E-state index contributed by atoms with van der Waals surface area (Å²) in [6, 6.07) is 12.2. The van der Waals surface area contributed by atoms with Crippen molar-refractivity contribution in [3.63, 3.8) is 0 Å². The Morgan fingerprint density at radius 2 is 1.75 bits per heavy atom. The maximum atomic E-state index is 6.24. The highest BCUT2D eigenvalue weighted by atomic mass is 35.5. The second-order valence-corrected chi connectivity index (χ2v) is 7.05. The predicted octanol–water partition coefficient (Wildman–Crippen LogP) is 5.64. The largest absolute Gasteiger partial charge is 0.333 e. The summed E-state index contributed by atoms with van der Waals surface area (Å²) in [7, 11) is 0. The first-order valence-electron chi connectivity index (χ1n) is 8.02. The number of halogens is 2. The van der Waals surface area contributed by atoms with E-state index in [0.717, 1.165) is 24.1 Å². The number of imidazole rings is 1. The highest BCUT2D eigenvalue weighted by Gasteiger charge is 2.05. The summed E-state index contributed by atoms with van der Waals surface area (Å²) < 4.78 is 2.06. The van der Waals surface area contributed by atoms with Gasteiger partial charge in [-0.1, -0.05) is 53.0 Å². The summed E-state index contributed by atoms with van der Waals surface area (Å²) in [5.41, 5.74) is 6.18. The molecule has 0 spiro atoms. The van der Waals surface area contributed by atoms with Crippen LogP contribution in [0.4, 0.5) is 0 Å². The summed E-state index contributed by atoms with van der Waals surface area (Å²) in [6.07, 6.45) is 5.90. The van der Waals surface area contributed by atoms with E-state index in [1.54, 1.807) is 6.07 Å². The molecular weight excluding hydrogens is 339 g/mol. The molecule has 1 heterocycles. The van der Waals surface area contributed by atoms with E-state index in [4.69, 9.17) is 23.2 Å². The Morgan fingerprint density at radius 1 is 0.958 bits per heavy atom. The maximum Gasteiger partial charge on any atom is 0.0952 e. The number of aromatic nitrogens is 2. The Bertz CT molecular complexity index is 853. The summed E-state index contributed by atoms with van der Waals surface area (Å²) in [5, 5.41) is 1.34. The molecule has 0 saturated carbocycles. The topological polar surface area (TPSA) is 17.8 Å². The van der Waals surface area contributed by atoms with Crippen LogP contribution in [0.25, 0.3) is 0 Å². The lowest BCUT2D eigenvalue weighted by Crippen LogP contribution is -1.98. The van der Waals surface area contributed by atoms with Crippen LogP contribution in [0.2, 0.25) is 10.0 Å². The van der Waals surface area contributed by atoms with Crippen molar-refractivity contribution in [3.8, 4) is 0 Å². The van der Waals surface area contributed by atoms with Crippen LogP contribution < -0.4 is 0 Å². The Hall–Kier alpha value is -1.77. The lowest BCUT2D eigenvalue weighted by Gasteiger charge is -2.06. The molecule has 0 aliphatic heterocycles. The molecule has 0 unspecified atom stereocenters. The van der Waals surface area contributed by atoms with Crippen LogP contribution in [0.1, 0.15) is 27.9 Å². The molecule has 0 radical (unpaired) electrons. The number of benzene rings is 2. The van der Waals surface area contributed by atoms with Gasteiger partial charge in [0.05, 0.1) is 12.0 Å². The van der Waals surface area contributed by atoms with Crippen LogP contribution in [0.15, 0.2) is 48.9 Å². The zero-order valence-corrected chi connectivity index (χ0v) is 15.4. The van der Waals surface area contributed by atoms with E-state index in [-0.39, 0.29) is 0 Å². The van der Waals surface area contributed by atoms with Gasteiger partial charge in [-0.15, -0.1) is 0 Å². The quantitative estimate of drug-likeness (QED) is 0.576. The van der Waals surface area contributed by atoms with Crippen LogP contribution in [-0.2, 0) is 19.4 Å². The van der Waals surface area contributed by atoms with Gasteiger partial charge in [-0.25, -0.2) is 4.98 Å². The van der Waals surface area contributed by atoms with Crippen LogP contribution in [0, 0.1) is 13.8 Å². The van der Waals surface area contributed by atoms with Crippen molar-refractivity contribution in [2.45, 2.75) is 33.2 Å². The van der Waals surface area contributed by atoms with E-state index >= 15 is 0 Å². The van der Waals surface area contributed by atoms with Gasteiger partial charge in [-0.05, 0) is 55.5 Å². The van der Waals surface area contributed by atoms with Crippen molar-refractivity contribution in [1.29, 1.82) is 0 Å². The van der Waals surface area contributed by atoms with Crippen LogP contribution in [0.3, 0.4) is 0 Å². The Kier molecular flexibility index (Phi) is 5.27. The molecule has 2 nitrogen and oxygen atoms in total. The van der Waals surface area contributed by atoms with Gasteiger partial charge in [0.1, 0.15) is 0 Å². The van der Waals surface area contributed by atoms with E-state index in [1.165, 1.54) is 16.7 Å². The Morgan fingerprint density at radius 3 is 2.50 bits per heavy atom. The van der Waals surface area contributed by atoms with Crippen molar-refractivity contribution >= 4 is 23.2 Å². The van der Waals surface area contributed by atoms with Gasteiger partial charge >= 0.3 is 0 Å². The normalized spacial score (nSPS) is 11.0. The van der Waals surface area contributed by atoms with E-state index in [2.05, 4.69) is 47.8 Å². The van der Waals surface area contributed by atoms with Gasteiger partial charge in [-0.2, -0.15) is 0 Å². The minimum absolute atomic E-state index is 0.656. The average Bonchev–Trinajstić information content (AvgIpc) is 2.97. The fourth-order valence-electron chi connectivity index (χ4n) is 2.86. The standard InChI is InChI=1S/C20H20Cl2N2/c1-14-3-4-16(15(2)9-14)6-8-19-12-24(13-23-19)11-17-5-7-18(21)10-20(17)22/h3-5,7,9-10,12-13H,6,8,11H2,1-2H3. The average molecular weight is 359 g/mol. The number of rotatable bonds is 5. The predicted molar refractivity (Wildman–Crippen MR) is 101 cm³/mol. The third kappa shape index (κ3) is 4.19. The first-order valence-corrected chi connectivity index (χ1v) is 8.77. The molecule has 3 rings (SSSR count). The molecule has 0 bridgehead atoms. The molecule has 0 N–H and O–H groups in total.